The van der Waals surface area contributed by atoms with Gasteiger partial charge in [0, 0.05) is 5.56 Å². The first-order valence-corrected chi connectivity index (χ1v) is 9.97. The van der Waals surface area contributed by atoms with Crippen molar-refractivity contribution >= 4 is 34.9 Å². The number of rotatable bonds is 7. The monoisotopic (exact) mass is 385 g/mol. The summed E-state index contributed by atoms with van der Waals surface area (Å²) in [5, 5.41) is 2.88. The summed E-state index contributed by atoms with van der Waals surface area (Å²) in [5.74, 6) is 1.53. The summed E-state index contributed by atoms with van der Waals surface area (Å²) in [6.45, 7) is 4.51. The molecule has 0 aliphatic carbocycles. The third kappa shape index (κ3) is 4.83. The maximum Gasteiger partial charge on any atom is 0.234 e. The molecule has 0 radical (unpaired) electrons. The molecule has 3 aromatic rings. The lowest BCUT2D eigenvalue weighted by Crippen LogP contribution is -2.14. The van der Waals surface area contributed by atoms with E-state index >= 15 is 0 Å². The predicted molar refractivity (Wildman–Crippen MR) is 107 cm³/mol. The van der Waals surface area contributed by atoms with E-state index < -0.39 is 0 Å². The van der Waals surface area contributed by atoms with Gasteiger partial charge in [-0.15, -0.1) is 0 Å². The lowest BCUT2D eigenvalue weighted by Gasteiger charge is -2.10. The van der Waals surface area contributed by atoms with Crippen LogP contribution in [0.15, 0.2) is 52.9 Å². The Bertz CT molecular complexity index is 879. The van der Waals surface area contributed by atoms with Crippen molar-refractivity contribution in [3.63, 3.8) is 0 Å². The molecule has 0 saturated heterocycles. The highest BCUT2D eigenvalue weighted by Crippen LogP contribution is 2.27. The van der Waals surface area contributed by atoms with E-state index in [1.54, 1.807) is 0 Å². The molecule has 3 rings (SSSR count). The summed E-state index contributed by atoms with van der Waals surface area (Å²) in [7, 11) is 0. The quantitative estimate of drug-likeness (QED) is 0.600. The van der Waals surface area contributed by atoms with Crippen LogP contribution in [-0.2, 0) is 4.79 Å². The van der Waals surface area contributed by atoms with Crippen LogP contribution in [0.5, 0.6) is 5.75 Å². The minimum atomic E-state index is -0.103. The Balaban J connectivity index is 1.58. The largest absolute Gasteiger partial charge is 0.492 e. The molecule has 0 aliphatic heterocycles. The number of benzene rings is 2. The average molecular weight is 386 g/mol. The molecule has 0 saturated carbocycles. The van der Waals surface area contributed by atoms with Crippen LogP contribution < -0.4 is 10.1 Å². The second-order valence-corrected chi connectivity index (χ2v) is 7.49. The molecule has 1 heterocycles. The van der Waals surface area contributed by atoms with Gasteiger partial charge in [-0.1, -0.05) is 53.7 Å². The fraction of sp³-hybridized carbons (Fsp3) is 0.211. The zero-order valence-electron chi connectivity index (χ0n) is 14.6. The molecule has 7 heteroatoms. The molecule has 1 amide bonds. The van der Waals surface area contributed by atoms with Crippen LogP contribution in [0.3, 0.4) is 0 Å². The predicted octanol–water partition coefficient (Wildman–Crippen LogP) is 4.64. The zero-order valence-corrected chi connectivity index (χ0v) is 16.2. The number of para-hydroxylation sites is 2. The number of nitrogens with zero attached hydrogens (tertiary/aromatic N) is 2. The van der Waals surface area contributed by atoms with Crippen molar-refractivity contribution in [1.82, 2.24) is 9.36 Å². The van der Waals surface area contributed by atoms with Crippen molar-refractivity contribution in [2.75, 3.05) is 17.7 Å². The molecule has 0 aliphatic rings. The third-order valence-electron chi connectivity index (χ3n) is 3.50. The number of thioether (sulfide) groups is 1. The van der Waals surface area contributed by atoms with Crippen LogP contribution in [0, 0.1) is 6.92 Å². The first-order chi connectivity index (χ1) is 12.7. The van der Waals surface area contributed by atoms with Crippen LogP contribution in [-0.4, -0.2) is 27.6 Å². The van der Waals surface area contributed by atoms with E-state index in [4.69, 9.17) is 4.74 Å². The second-order valence-electron chi connectivity index (χ2n) is 5.52. The molecule has 26 heavy (non-hydrogen) atoms. The Labute approximate surface area is 161 Å². The Morgan fingerprint density at radius 3 is 2.73 bits per heavy atom. The summed E-state index contributed by atoms with van der Waals surface area (Å²) in [5.41, 5.74) is 2.86. The normalized spacial score (nSPS) is 10.5. The fourth-order valence-electron chi connectivity index (χ4n) is 2.25. The molecule has 1 N–H and O–H groups in total. The number of carbonyl (C=O) groups excluding carboxylic acids is 1. The number of aromatic nitrogens is 2. The number of hydrogen-bond acceptors (Lipinski definition) is 6. The third-order valence-corrected chi connectivity index (χ3v) is 5.34. The fourth-order valence-corrected chi connectivity index (χ4v) is 3.67. The van der Waals surface area contributed by atoms with Crippen molar-refractivity contribution < 1.29 is 9.53 Å². The summed E-state index contributed by atoms with van der Waals surface area (Å²) in [4.78, 5) is 16.7. The van der Waals surface area contributed by atoms with Crippen LogP contribution in [0.1, 0.15) is 12.5 Å². The lowest BCUT2D eigenvalue weighted by atomic mass is 10.1. The number of aryl methyl sites for hydroxylation is 1. The van der Waals surface area contributed by atoms with E-state index in [0.717, 1.165) is 9.90 Å². The first kappa shape index (κ1) is 18.4. The van der Waals surface area contributed by atoms with E-state index in [-0.39, 0.29) is 11.7 Å². The highest BCUT2D eigenvalue weighted by atomic mass is 32.2. The summed E-state index contributed by atoms with van der Waals surface area (Å²) in [6, 6.07) is 15.5. The van der Waals surface area contributed by atoms with Gasteiger partial charge in [0.25, 0.3) is 0 Å². The lowest BCUT2D eigenvalue weighted by molar-refractivity contribution is -0.113. The van der Waals surface area contributed by atoms with Crippen LogP contribution in [0.4, 0.5) is 5.69 Å². The van der Waals surface area contributed by atoms with Crippen molar-refractivity contribution in [3.05, 3.63) is 54.1 Å². The number of hydrogen-bond donors (Lipinski definition) is 1. The number of anilines is 1. The molecule has 0 bridgehead atoms. The standard InChI is InChI=1S/C19H19N3O2S2/c1-3-24-16-7-5-4-6-15(16)20-17(23)12-25-19-21-18(22-26-19)14-10-8-13(2)9-11-14/h4-11H,3,12H2,1-2H3,(H,20,23). The molecular weight excluding hydrogens is 366 g/mol. The maximum atomic E-state index is 12.2. The molecule has 134 valence electrons. The van der Waals surface area contributed by atoms with Gasteiger partial charge in [-0.3, -0.25) is 4.79 Å². The summed E-state index contributed by atoms with van der Waals surface area (Å²) in [6.07, 6.45) is 0. The second kappa shape index (κ2) is 8.82. The van der Waals surface area contributed by atoms with Gasteiger partial charge in [-0.05, 0) is 37.5 Å². The van der Waals surface area contributed by atoms with Crippen molar-refractivity contribution in [3.8, 4) is 17.1 Å². The van der Waals surface area contributed by atoms with Crippen molar-refractivity contribution in [1.29, 1.82) is 0 Å². The van der Waals surface area contributed by atoms with Crippen molar-refractivity contribution in [2.24, 2.45) is 0 Å². The van der Waals surface area contributed by atoms with E-state index in [2.05, 4.69) is 14.7 Å². The molecule has 0 unspecified atom stereocenters. The van der Waals surface area contributed by atoms with E-state index in [1.807, 2.05) is 62.4 Å². The van der Waals surface area contributed by atoms with Gasteiger partial charge in [-0.2, -0.15) is 4.37 Å². The molecule has 0 spiro atoms. The van der Waals surface area contributed by atoms with Gasteiger partial charge < -0.3 is 10.1 Å². The number of carbonyl (C=O) groups is 1. The van der Waals surface area contributed by atoms with Crippen LogP contribution >= 0.6 is 23.3 Å². The highest BCUT2D eigenvalue weighted by Gasteiger charge is 2.11. The molecule has 5 nitrogen and oxygen atoms in total. The Kier molecular flexibility index (Phi) is 6.25. The van der Waals surface area contributed by atoms with Gasteiger partial charge in [0.2, 0.25) is 5.91 Å². The molecule has 1 aromatic heterocycles. The van der Waals surface area contributed by atoms with Gasteiger partial charge in [0.15, 0.2) is 10.2 Å². The highest BCUT2D eigenvalue weighted by molar-refractivity contribution is 8.01. The van der Waals surface area contributed by atoms with Gasteiger partial charge in [0.05, 0.1) is 18.0 Å². The smallest absolute Gasteiger partial charge is 0.234 e. The number of amides is 1. The zero-order chi connectivity index (χ0) is 18.4. The van der Waals surface area contributed by atoms with E-state index in [1.165, 1.54) is 28.9 Å². The molecule has 0 atom stereocenters. The Morgan fingerprint density at radius 1 is 1.19 bits per heavy atom. The van der Waals surface area contributed by atoms with Gasteiger partial charge in [-0.25, -0.2) is 4.98 Å². The topological polar surface area (TPSA) is 64.1 Å². The van der Waals surface area contributed by atoms with Gasteiger partial charge >= 0.3 is 0 Å². The first-order valence-electron chi connectivity index (χ1n) is 8.21. The van der Waals surface area contributed by atoms with Gasteiger partial charge in [0.1, 0.15) is 5.75 Å². The van der Waals surface area contributed by atoms with Crippen LogP contribution in [0.2, 0.25) is 0 Å². The minimum absolute atomic E-state index is 0.103. The Hall–Kier alpha value is -2.38. The average Bonchev–Trinajstić information content (AvgIpc) is 3.11. The summed E-state index contributed by atoms with van der Waals surface area (Å²) >= 11 is 2.68. The minimum Gasteiger partial charge on any atom is -0.492 e. The molecule has 2 aromatic carbocycles. The number of nitrogens with one attached hydrogen (secondary N) is 1. The Morgan fingerprint density at radius 2 is 1.96 bits per heavy atom. The number of ether oxygens (including phenoxy) is 1. The van der Waals surface area contributed by atoms with E-state index in [0.29, 0.717) is 23.9 Å². The van der Waals surface area contributed by atoms with Crippen molar-refractivity contribution in [2.45, 2.75) is 18.2 Å². The van der Waals surface area contributed by atoms with Crippen LogP contribution in [0.25, 0.3) is 11.4 Å². The molecular formula is C19H19N3O2S2. The summed E-state index contributed by atoms with van der Waals surface area (Å²) < 4.78 is 10.7. The molecule has 0 fully saturated rings. The maximum absolute atomic E-state index is 12.2. The van der Waals surface area contributed by atoms with E-state index in [9.17, 15) is 4.79 Å². The SMILES string of the molecule is CCOc1ccccc1NC(=O)CSc1nc(-c2ccc(C)cc2)ns1.